The maximum absolute atomic E-state index is 14.8. The predicted octanol–water partition coefficient (Wildman–Crippen LogP) is 3.17. The first-order valence-corrected chi connectivity index (χ1v) is 10.1. The van der Waals surface area contributed by atoms with E-state index in [1.54, 1.807) is 0 Å². The summed E-state index contributed by atoms with van der Waals surface area (Å²) in [5.41, 5.74) is -4.31. The molecule has 190 valence electrons. The minimum atomic E-state index is -5.07. The lowest BCUT2D eigenvalue weighted by Gasteiger charge is -2.36. The summed E-state index contributed by atoms with van der Waals surface area (Å²) in [4.78, 5) is 41.5. The van der Waals surface area contributed by atoms with Gasteiger partial charge in [-0.25, -0.2) is 9.59 Å². The summed E-state index contributed by atoms with van der Waals surface area (Å²) in [5.74, 6) is -14.2. The van der Waals surface area contributed by atoms with Gasteiger partial charge in [0.15, 0.2) is 12.0 Å². The molecule has 0 spiro atoms. The molecule has 0 radical (unpaired) electrons. The quantitative estimate of drug-likeness (QED) is 0.484. The van der Waals surface area contributed by atoms with Crippen molar-refractivity contribution in [2.24, 2.45) is 5.89 Å². The molecule has 2 rings (SSSR count). The number of rotatable bonds is 10. The van der Waals surface area contributed by atoms with E-state index in [0.717, 1.165) is 13.8 Å². The van der Waals surface area contributed by atoms with Gasteiger partial charge in [0.25, 0.3) is 7.34 Å². The molecule has 0 bridgehead atoms. The lowest BCUT2D eigenvalue weighted by molar-refractivity contribution is -0.697. The van der Waals surface area contributed by atoms with Crippen molar-refractivity contribution in [2.45, 2.75) is 104 Å². The van der Waals surface area contributed by atoms with E-state index in [0.29, 0.717) is 20.8 Å². The third-order valence-electron chi connectivity index (χ3n) is 4.56. The maximum Gasteiger partial charge on any atom is 0.364 e. The van der Waals surface area contributed by atoms with Crippen LogP contribution in [0.25, 0.3) is 1.43 Å². The minimum Gasteiger partial charge on any atom is -0.480 e. The Hall–Kier alpha value is -2.41. The van der Waals surface area contributed by atoms with Crippen molar-refractivity contribution < 1.29 is 58.4 Å². The molecular formula is C27H43N2O5+. The molecule has 3 N–H and O–H groups in total. The fraction of sp³-hybridized carbons (Fsp3) is 0.667. The SMILES string of the molecule is [2H]OC(=O)[C@@]1([2H])N(C(=O)[C@]([2H])(C([2H])([2H])[2H])[N+]([2H])([2H])[C@]([2H])(C(=O)OC([2H])([2H])C([2H])(C)C)C([2H])([2H])C([2H])(C)c2c([2H])c([2H])c(C)c(C)c2[2H])C(C)(C)C([2H])([2H])C1([2H])[2H]. The second-order valence-corrected chi connectivity index (χ2v) is 8.14. The zero-order valence-corrected chi connectivity index (χ0v) is 19.9. The molecule has 1 saturated heterocycles. The Balaban J connectivity index is 3.37. The minimum absolute atomic E-state index is 0.0233. The van der Waals surface area contributed by atoms with Crippen LogP contribution < -0.4 is 5.30 Å². The van der Waals surface area contributed by atoms with Gasteiger partial charge in [0, 0.05) is 27.0 Å². The summed E-state index contributed by atoms with van der Waals surface area (Å²) < 4.78 is 193. The summed E-state index contributed by atoms with van der Waals surface area (Å²) in [5, 5.41) is -0.332. The first kappa shape index (κ1) is 9.92. The van der Waals surface area contributed by atoms with Crippen molar-refractivity contribution in [1.29, 1.82) is 1.43 Å². The van der Waals surface area contributed by atoms with Crippen LogP contribution in [0.1, 0.15) is 109 Å². The molecule has 0 saturated carbocycles. The lowest BCUT2D eigenvalue weighted by atomic mass is 9.91. The summed E-state index contributed by atoms with van der Waals surface area (Å²) in [7, 11) is 0. The molecule has 1 aromatic carbocycles. The van der Waals surface area contributed by atoms with Gasteiger partial charge in [0.1, 0.15) is 8.76 Å². The van der Waals surface area contributed by atoms with Gasteiger partial charge in [-0.2, -0.15) is 0 Å². The van der Waals surface area contributed by atoms with Crippen molar-refractivity contribution in [3.63, 3.8) is 0 Å². The van der Waals surface area contributed by atoms with E-state index < -0.39 is 120 Å². The molecular weight excluding hydrogens is 432 g/mol. The van der Waals surface area contributed by atoms with Crippen LogP contribution in [0.5, 0.6) is 0 Å². The highest BCUT2D eigenvalue weighted by Gasteiger charge is 2.48. The fourth-order valence-corrected chi connectivity index (χ4v) is 2.68. The van der Waals surface area contributed by atoms with Gasteiger partial charge in [-0.15, -0.1) is 0 Å². The van der Waals surface area contributed by atoms with Crippen LogP contribution in [-0.4, -0.2) is 58.0 Å². The Kier molecular flexibility index (Phi) is 3.31. The number of hydrogen-bond acceptors (Lipinski definition) is 5. The van der Waals surface area contributed by atoms with E-state index in [9.17, 15) is 17.1 Å². The maximum atomic E-state index is 14.8. The number of nitrogens with two attached hydrogens (primary N) is 1. The van der Waals surface area contributed by atoms with E-state index in [1.165, 1.54) is 13.8 Å². The van der Waals surface area contributed by atoms with Crippen LogP contribution in [0.2, 0.25) is 2.82 Å². The van der Waals surface area contributed by atoms with Gasteiger partial charge in [0.05, 0.1) is 14.8 Å². The fourth-order valence-electron chi connectivity index (χ4n) is 2.68. The smallest absolute Gasteiger partial charge is 0.364 e. The Labute approximate surface area is 235 Å². The van der Waals surface area contributed by atoms with E-state index >= 15 is 0 Å². The molecule has 0 aromatic heterocycles. The molecule has 4 atom stereocenters. The average molecular weight is 498 g/mol. The number of likely N-dealkylation sites (tertiary alicyclic amines) is 1. The molecule has 1 amide bonds. The van der Waals surface area contributed by atoms with Gasteiger partial charge in [-0.1, -0.05) is 38.9 Å². The van der Waals surface area contributed by atoms with Gasteiger partial charge in [-0.05, 0) is 75.8 Å². The number of carbonyl (C=O) groups is 3. The number of esters is 1. The number of amides is 1. The first-order valence-electron chi connectivity index (χ1n) is 20.9. The largest absolute Gasteiger partial charge is 0.480 e. The second kappa shape index (κ2) is 11.3. The van der Waals surface area contributed by atoms with E-state index in [1.807, 2.05) is 0 Å². The van der Waals surface area contributed by atoms with Crippen LogP contribution in [-0.2, 0) is 19.1 Å². The standard InChI is InChI=1S/C27H42N2O5/c1-16(2)15-34-26(33)22(14-19(5)21-10-9-17(3)18(4)13-21)28-20(6)24(30)29-23(25(31)32)11-12-27(29,7)8/h9-10,13,16,19-20,22-23,28H,11-12,14-15H2,1-8H3,(H,31,32)/p+1/t19?,20-,22-,23-/m0/s1/i6D3,9D,10D,11D2,12D2,13D,14D2,15D2,16D,19D,20D,22D,23D/hD3. The predicted molar refractivity (Wildman–Crippen MR) is 132 cm³/mol. The molecule has 1 fully saturated rings. The number of aliphatic carboxylic acids is 1. The van der Waals surface area contributed by atoms with Gasteiger partial charge in [-0.3, -0.25) is 4.79 Å². The van der Waals surface area contributed by atoms with Crippen molar-refractivity contribution >= 4 is 17.8 Å². The van der Waals surface area contributed by atoms with Gasteiger partial charge in [0.2, 0.25) is 0 Å². The zero-order valence-electron chi connectivity index (χ0n) is 41.9. The molecule has 7 heteroatoms. The molecule has 1 unspecified atom stereocenters. The Morgan fingerprint density at radius 3 is 2.76 bits per heavy atom. The summed E-state index contributed by atoms with van der Waals surface area (Å²) in [6, 6.07) is -17.0. The number of ether oxygens (including phenoxy) is 1. The molecule has 1 aliphatic heterocycles. The highest BCUT2D eigenvalue weighted by molar-refractivity contribution is 5.87. The van der Waals surface area contributed by atoms with Crippen LogP contribution in [0.15, 0.2) is 18.1 Å². The van der Waals surface area contributed by atoms with Crippen LogP contribution in [0, 0.1) is 19.7 Å². The summed E-state index contributed by atoms with van der Waals surface area (Å²) >= 11 is 0. The summed E-state index contributed by atoms with van der Waals surface area (Å²) in [6.07, 6.45) is -12.2. The Morgan fingerprint density at radius 2 is 2.15 bits per heavy atom. The normalized spacial score (nSPS) is 39.3. The van der Waals surface area contributed by atoms with Crippen LogP contribution in [0.4, 0.5) is 0 Å². The molecule has 7 nitrogen and oxygen atoms in total. The molecule has 34 heavy (non-hydrogen) atoms. The van der Waals surface area contributed by atoms with Gasteiger partial charge < -0.3 is 20.0 Å². The monoisotopic (exact) mass is 497 g/mol. The molecule has 1 aliphatic rings. The molecule has 1 heterocycles. The second-order valence-electron chi connectivity index (χ2n) is 8.14. The van der Waals surface area contributed by atoms with E-state index in [4.69, 9.17) is 27.6 Å². The Bertz CT molecular complexity index is 1780. The third-order valence-corrected chi connectivity index (χ3v) is 4.56. The highest BCUT2D eigenvalue weighted by atomic mass is 16.5. The number of carbonyl (C=O) groups excluding carboxylic acids is 2. The molecule has 0 aliphatic carbocycles. The number of benzene rings is 1. The molecule has 1 aromatic rings. The zero-order chi connectivity index (χ0) is 45.2. The summed E-state index contributed by atoms with van der Waals surface area (Å²) in [6.45, 7) is -2.58. The van der Waals surface area contributed by atoms with Crippen molar-refractivity contribution in [3.8, 4) is 0 Å². The Morgan fingerprint density at radius 1 is 1.44 bits per heavy atom. The number of hydrogen-bond donors (Lipinski definition) is 2. The van der Waals surface area contributed by atoms with E-state index in [-0.39, 0.29) is 11.1 Å². The highest BCUT2D eigenvalue weighted by Crippen LogP contribution is 2.34. The number of carboxylic acids is 1. The number of nitrogens with zero attached hydrogens (tertiary/aromatic N) is 1. The van der Waals surface area contributed by atoms with Crippen molar-refractivity contribution in [1.82, 2.24) is 4.90 Å². The number of quaternary nitrogens is 1. The van der Waals surface area contributed by atoms with Gasteiger partial charge >= 0.3 is 14.8 Å². The average Bonchev–Trinajstić information content (AvgIpc) is 3.10. The first-order chi connectivity index (χ1) is 24.3. The van der Waals surface area contributed by atoms with Crippen molar-refractivity contribution in [3.05, 3.63) is 34.8 Å². The lowest BCUT2D eigenvalue weighted by Crippen LogP contribution is -2.98. The van der Waals surface area contributed by atoms with Crippen LogP contribution in [0.3, 0.4) is 0 Å². The van der Waals surface area contributed by atoms with Crippen LogP contribution >= 0.6 is 0 Å². The third kappa shape index (κ3) is 6.81. The topological polar surface area (TPSA) is 101 Å². The number of carboxylic acid groups (broad SMARTS) is 1. The van der Waals surface area contributed by atoms with E-state index in [2.05, 4.69) is 9.85 Å². The van der Waals surface area contributed by atoms with Crippen molar-refractivity contribution in [2.75, 3.05) is 6.56 Å².